The van der Waals surface area contributed by atoms with Crippen molar-refractivity contribution in [3.05, 3.63) is 15.8 Å². The Kier molecular flexibility index (Phi) is 5.82. The summed E-state index contributed by atoms with van der Waals surface area (Å²) >= 11 is 1.26. The largest absolute Gasteiger partial charge is 0.463 e. The summed E-state index contributed by atoms with van der Waals surface area (Å²) < 4.78 is 10.1. The molecule has 0 saturated carbocycles. The molecule has 1 aromatic rings. The van der Waals surface area contributed by atoms with Crippen molar-refractivity contribution in [2.75, 3.05) is 12.3 Å². The van der Waals surface area contributed by atoms with E-state index in [9.17, 15) is 9.59 Å². The van der Waals surface area contributed by atoms with Crippen LogP contribution in [0, 0.1) is 6.92 Å². The highest BCUT2D eigenvalue weighted by molar-refractivity contribution is 7.14. The Hall–Kier alpha value is -1.56. The maximum atomic E-state index is 11.9. The number of carbonyl (C=O) groups excluding carboxylic acids is 2. The monoisotopic (exact) mass is 285 g/mol. The van der Waals surface area contributed by atoms with E-state index in [0.717, 1.165) is 11.3 Å². The highest BCUT2D eigenvalue weighted by Crippen LogP contribution is 2.24. The van der Waals surface area contributed by atoms with Crippen LogP contribution in [0.25, 0.3) is 0 Å². The van der Waals surface area contributed by atoms with Gasteiger partial charge in [0.05, 0.1) is 6.61 Å². The van der Waals surface area contributed by atoms with Crippen molar-refractivity contribution >= 4 is 29.0 Å². The summed E-state index contributed by atoms with van der Waals surface area (Å²) in [5.74, 6) is -1.03. The zero-order valence-electron chi connectivity index (χ0n) is 11.4. The first-order valence-electron chi connectivity index (χ1n) is 6.23. The molecule has 0 saturated heterocycles. The Bertz CT molecular complexity index is 436. The third-order valence-corrected chi connectivity index (χ3v) is 3.55. The molecular formula is C13H19NO4S. The minimum atomic E-state index is -0.846. The van der Waals surface area contributed by atoms with Crippen LogP contribution in [-0.2, 0) is 14.3 Å². The number of aryl methyl sites for hydroxylation is 1. The molecule has 1 atom stereocenters. The second-order valence-corrected chi connectivity index (χ2v) is 5.31. The van der Waals surface area contributed by atoms with Crippen molar-refractivity contribution in [1.82, 2.24) is 0 Å². The van der Waals surface area contributed by atoms with Gasteiger partial charge in [-0.2, -0.15) is 0 Å². The van der Waals surface area contributed by atoms with Crippen molar-refractivity contribution in [3.8, 4) is 0 Å². The van der Waals surface area contributed by atoms with Gasteiger partial charge >= 0.3 is 11.9 Å². The van der Waals surface area contributed by atoms with Gasteiger partial charge in [-0.25, -0.2) is 9.59 Å². The molecule has 0 aromatic carbocycles. The Labute approximate surface area is 116 Å². The molecule has 0 amide bonds. The van der Waals surface area contributed by atoms with Crippen LogP contribution in [0.5, 0.6) is 0 Å². The first kappa shape index (κ1) is 15.5. The first-order valence-corrected chi connectivity index (χ1v) is 7.04. The Morgan fingerprint density at radius 1 is 1.42 bits per heavy atom. The van der Waals surface area contributed by atoms with Gasteiger partial charge < -0.3 is 15.2 Å². The highest BCUT2D eigenvalue weighted by Gasteiger charge is 2.25. The van der Waals surface area contributed by atoms with Crippen LogP contribution in [0.15, 0.2) is 6.07 Å². The van der Waals surface area contributed by atoms with Gasteiger partial charge in [0.2, 0.25) is 0 Å². The van der Waals surface area contributed by atoms with E-state index < -0.39 is 18.0 Å². The fourth-order valence-electron chi connectivity index (χ4n) is 1.51. The molecule has 6 heteroatoms. The maximum absolute atomic E-state index is 11.9. The molecule has 1 unspecified atom stereocenters. The summed E-state index contributed by atoms with van der Waals surface area (Å²) in [5.41, 5.74) is 6.24. The van der Waals surface area contributed by atoms with Crippen molar-refractivity contribution in [1.29, 1.82) is 0 Å². The van der Waals surface area contributed by atoms with Gasteiger partial charge in [-0.05, 0) is 26.3 Å². The van der Waals surface area contributed by atoms with Crippen molar-refractivity contribution in [3.63, 3.8) is 0 Å². The van der Waals surface area contributed by atoms with Crippen LogP contribution in [-0.4, -0.2) is 24.6 Å². The minimum absolute atomic E-state index is 0.266. The minimum Gasteiger partial charge on any atom is -0.463 e. The number of hydrogen-bond acceptors (Lipinski definition) is 6. The number of anilines is 1. The number of nitrogens with two attached hydrogens (primary N) is 1. The molecule has 0 fully saturated rings. The molecule has 0 bridgehead atoms. The van der Waals surface area contributed by atoms with E-state index in [1.807, 2.05) is 13.8 Å². The van der Waals surface area contributed by atoms with Crippen LogP contribution in [0.2, 0.25) is 0 Å². The van der Waals surface area contributed by atoms with Gasteiger partial charge in [-0.3, -0.25) is 0 Å². The van der Waals surface area contributed by atoms with Crippen molar-refractivity contribution in [2.24, 2.45) is 0 Å². The summed E-state index contributed by atoms with van der Waals surface area (Å²) in [6, 6.07) is 1.57. The molecule has 1 aromatic heterocycles. The summed E-state index contributed by atoms with van der Waals surface area (Å²) in [5, 5.41) is 0. The van der Waals surface area contributed by atoms with Crippen LogP contribution in [0.1, 0.15) is 41.2 Å². The van der Waals surface area contributed by atoms with E-state index in [-0.39, 0.29) is 6.61 Å². The molecular weight excluding hydrogens is 266 g/mol. The van der Waals surface area contributed by atoms with Gasteiger partial charge in [-0.1, -0.05) is 13.3 Å². The average molecular weight is 285 g/mol. The number of ether oxygens (including phenoxy) is 2. The number of nitrogen functional groups attached to an aromatic ring is 1. The molecule has 0 radical (unpaired) electrons. The Morgan fingerprint density at radius 2 is 2.11 bits per heavy atom. The van der Waals surface area contributed by atoms with Crippen molar-refractivity contribution in [2.45, 2.75) is 39.7 Å². The first-order chi connectivity index (χ1) is 8.99. The van der Waals surface area contributed by atoms with Crippen LogP contribution in [0.4, 0.5) is 5.69 Å². The van der Waals surface area contributed by atoms with Crippen molar-refractivity contribution < 1.29 is 19.1 Å². The summed E-state index contributed by atoms with van der Waals surface area (Å²) in [7, 11) is 0. The van der Waals surface area contributed by atoms with Gasteiger partial charge in [0.25, 0.3) is 0 Å². The fourth-order valence-corrected chi connectivity index (χ4v) is 2.33. The summed E-state index contributed by atoms with van der Waals surface area (Å²) in [4.78, 5) is 24.8. The molecule has 19 heavy (non-hydrogen) atoms. The van der Waals surface area contributed by atoms with E-state index in [2.05, 4.69) is 0 Å². The maximum Gasteiger partial charge on any atom is 0.349 e. The van der Waals surface area contributed by atoms with E-state index in [0.29, 0.717) is 17.0 Å². The topological polar surface area (TPSA) is 78.6 Å². The normalized spacial score (nSPS) is 11.9. The standard InChI is InChI=1S/C13H19NO4S/c1-4-6-10(12(15)17-5-2)18-13(16)11-7-9(14)8(3)19-11/h7,10H,4-6,14H2,1-3H3. The molecule has 0 spiro atoms. The molecule has 106 valence electrons. The predicted molar refractivity (Wildman–Crippen MR) is 74.2 cm³/mol. The smallest absolute Gasteiger partial charge is 0.349 e. The summed E-state index contributed by atoms with van der Waals surface area (Å²) in [6.07, 6.45) is 0.327. The van der Waals surface area contributed by atoms with Crippen LogP contribution in [0.3, 0.4) is 0 Å². The molecule has 2 N–H and O–H groups in total. The number of thiophene rings is 1. The lowest BCUT2D eigenvalue weighted by molar-refractivity contribution is -0.153. The lowest BCUT2D eigenvalue weighted by Gasteiger charge is -2.15. The zero-order valence-corrected chi connectivity index (χ0v) is 12.2. The number of rotatable bonds is 6. The van der Waals surface area contributed by atoms with E-state index in [4.69, 9.17) is 15.2 Å². The Morgan fingerprint density at radius 3 is 2.58 bits per heavy atom. The van der Waals surface area contributed by atoms with Gasteiger partial charge in [0.15, 0.2) is 6.10 Å². The second kappa shape index (κ2) is 7.13. The molecule has 0 aliphatic rings. The number of carbonyl (C=O) groups is 2. The van der Waals surface area contributed by atoms with E-state index >= 15 is 0 Å². The third-order valence-electron chi connectivity index (χ3n) is 2.51. The van der Waals surface area contributed by atoms with E-state index in [1.165, 1.54) is 11.3 Å². The predicted octanol–water partition coefficient (Wildman–Crippen LogP) is 2.53. The average Bonchev–Trinajstić information content (AvgIpc) is 2.69. The van der Waals surface area contributed by atoms with Gasteiger partial charge in [0, 0.05) is 10.6 Å². The second-order valence-electron chi connectivity index (χ2n) is 4.06. The number of hydrogen-bond donors (Lipinski definition) is 1. The third kappa shape index (κ3) is 4.24. The quantitative estimate of drug-likeness (QED) is 0.812. The van der Waals surface area contributed by atoms with Gasteiger partial charge in [-0.15, -0.1) is 11.3 Å². The van der Waals surface area contributed by atoms with Crippen LogP contribution < -0.4 is 5.73 Å². The molecule has 1 rings (SSSR count). The SMILES string of the molecule is CCCC(OC(=O)c1cc(N)c(C)s1)C(=O)OCC. The van der Waals surface area contributed by atoms with Gasteiger partial charge in [0.1, 0.15) is 4.88 Å². The Balaban J connectivity index is 2.73. The zero-order chi connectivity index (χ0) is 14.4. The molecule has 5 nitrogen and oxygen atoms in total. The van der Waals surface area contributed by atoms with E-state index in [1.54, 1.807) is 13.0 Å². The molecule has 0 aliphatic heterocycles. The fraction of sp³-hybridized carbons (Fsp3) is 0.538. The van der Waals surface area contributed by atoms with Crippen LogP contribution >= 0.6 is 11.3 Å². The molecule has 1 heterocycles. The number of esters is 2. The lowest BCUT2D eigenvalue weighted by atomic mass is 10.2. The lowest BCUT2D eigenvalue weighted by Crippen LogP contribution is -2.29. The summed E-state index contributed by atoms with van der Waals surface area (Å²) in [6.45, 7) is 5.71. The highest BCUT2D eigenvalue weighted by atomic mass is 32.1. The molecule has 0 aliphatic carbocycles.